The van der Waals surface area contributed by atoms with E-state index in [1.807, 2.05) is 19.1 Å². The maximum atomic E-state index is 5.70. The summed E-state index contributed by atoms with van der Waals surface area (Å²) >= 11 is 0. The summed E-state index contributed by atoms with van der Waals surface area (Å²) in [5.74, 6) is 0. The lowest BCUT2D eigenvalue weighted by molar-refractivity contribution is 0.800. The molecule has 0 aliphatic heterocycles. The highest BCUT2D eigenvalue weighted by atomic mass is 15.5. The lowest BCUT2D eigenvalue weighted by Gasteiger charge is -2.03. The van der Waals surface area contributed by atoms with Gasteiger partial charge in [-0.15, -0.1) is 5.10 Å². The summed E-state index contributed by atoms with van der Waals surface area (Å²) in [6, 6.07) is 3.81. The molecule has 5 nitrogen and oxygen atoms in total. The van der Waals surface area contributed by atoms with Crippen molar-refractivity contribution >= 4 is 5.65 Å². The van der Waals surface area contributed by atoms with Crippen LogP contribution in [0, 0.1) is 0 Å². The Kier molecular flexibility index (Phi) is 1.51. The van der Waals surface area contributed by atoms with Crippen LogP contribution >= 0.6 is 0 Å². The van der Waals surface area contributed by atoms with Crippen molar-refractivity contribution in [2.45, 2.75) is 13.0 Å². The van der Waals surface area contributed by atoms with E-state index >= 15 is 0 Å². The number of nitrogens with two attached hydrogens (primary N) is 1. The molecular formula is C7H9N5. The second kappa shape index (κ2) is 2.53. The third kappa shape index (κ3) is 1.04. The molecule has 0 aliphatic carbocycles. The van der Waals surface area contributed by atoms with Crippen LogP contribution in [0.25, 0.3) is 5.65 Å². The fourth-order valence-corrected chi connectivity index (χ4v) is 1.04. The summed E-state index contributed by atoms with van der Waals surface area (Å²) in [5, 5.41) is 11.1. The number of fused-ring (bicyclic) bond motifs is 1. The molecule has 0 saturated carbocycles. The summed E-state index contributed by atoms with van der Waals surface area (Å²) in [5.41, 5.74) is 7.46. The highest BCUT2D eigenvalue weighted by Gasteiger charge is 2.01. The summed E-state index contributed by atoms with van der Waals surface area (Å²) in [6.45, 7) is 1.93. The molecule has 5 heteroatoms. The Morgan fingerprint density at radius 3 is 3.17 bits per heavy atom. The number of aromatic nitrogens is 4. The largest absolute Gasteiger partial charge is 0.324 e. The minimum absolute atomic E-state index is 0.0201. The van der Waals surface area contributed by atoms with E-state index < -0.39 is 0 Å². The summed E-state index contributed by atoms with van der Waals surface area (Å²) in [6.07, 6.45) is 1.80. The second-order valence-electron chi connectivity index (χ2n) is 2.73. The Hall–Kier alpha value is -1.49. The lowest BCUT2D eigenvalue weighted by atomic mass is 10.1. The molecular weight excluding hydrogens is 154 g/mol. The van der Waals surface area contributed by atoms with Gasteiger partial charge in [-0.1, -0.05) is 0 Å². The van der Waals surface area contributed by atoms with Gasteiger partial charge in [-0.3, -0.25) is 0 Å². The molecule has 2 rings (SSSR count). The quantitative estimate of drug-likeness (QED) is 0.649. The van der Waals surface area contributed by atoms with Crippen molar-refractivity contribution in [3.8, 4) is 0 Å². The first-order valence-electron chi connectivity index (χ1n) is 3.70. The molecule has 1 unspecified atom stereocenters. The minimum atomic E-state index is 0.0201. The van der Waals surface area contributed by atoms with Crippen LogP contribution in [0.1, 0.15) is 18.5 Å². The first kappa shape index (κ1) is 7.17. The van der Waals surface area contributed by atoms with Gasteiger partial charge in [0.15, 0.2) is 5.65 Å². The van der Waals surface area contributed by atoms with E-state index in [4.69, 9.17) is 5.73 Å². The van der Waals surface area contributed by atoms with Gasteiger partial charge in [0, 0.05) is 12.2 Å². The number of hydrogen-bond donors (Lipinski definition) is 1. The zero-order valence-electron chi connectivity index (χ0n) is 6.68. The summed E-state index contributed by atoms with van der Waals surface area (Å²) in [7, 11) is 0. The van der Waals surface area contributed by atoms with Crippen molar-refractivity contribution in [1.82, 2.24) is 20.0 Å². The van der Waals surface area contributed by atoms with E-state index in [0.29, 0.717) is 0 Å². The second-order valence-corrected chi connectivity index (χ2v) is 2.73. The smallest absolute Gasteiger partial charge is 0.179 e. The van der Waals surface area contributed by atoms with Crippen molar-refractivity contribution in [3.63, 3.8) is 0 Å². The van der Waals surface area contributed by atoms with Gasteiger partial charge in [0.25, 0.3) is 0 Å². The molecule has 1 atom stereocenters. The first-order valence-corrected chi connectivity index (χ1v) is 3.70. The zero-order chi connectivity index (χ0) is 8.55. The molecule has 2 heterocycles. The van der Waals surface area contributed by atoms with Gasteiger partial charge in [-0.2, -0.15) is 0 Å². The summed E-state index contributed by atoms with van der Waals surface area (Å²) < 4.78 is 1.60. The van der Waals surface area contributed by atoms with Crippen LogP contribution in [0.2, 0.25) is 0 Å². The van der Waals surface area contributed by atoms with Gasteiger partial charge in [0.2, 0.25) is 0 Å². The standard InChI is InChI=1S/C7H9N5/c1-5(8)6-2-3-12-7(4-6)9-10-11-12/h2-5H,8H2,1H3. The molecule has 12 heavy (non-hydrogen) atoms. The van der Waals surface area contributed by atoms with Crippen molar-refractivity contribution in [1.29, 1.82) is 0 Å². The van der Waals surface area contributed by atoms with Gasteiger partial charge < -0.3 is 5.73 Å². The Bertz CT molecular complexity index is 391. The molecule has 0 amide bonds. The van der Waals surface area contributed by atoms with Crippen molar-refractivity contribution in [3.05, 3.63) is 23.9 Å². The van der Waals surface area contributed by atoms with Crippen molar-refractivity contribution < 1.29 is 0 Å². The Labute approximate surface area is 69.2 Å². The monoisotopic (exact) mass is 163 g/mol. The maximum absolute atomic E-state index is 5.70. The Morgan fingerprint density at radius 2 is 2.42 bits per heavy atom. The highest BCUT2D eigenvalue weighted by Crippen LogP contribution is 2.09. The van der Waals surface area contributed by atoms with Gasteiger partial charge in [-0.25, -0.2) is 4.52 Å². The fraction of sp³-hybridized carbons (Fsp3) is 0.286. The predicted octanol–water partition coefficient (Wildman–Crippen LogP) is 0.144. The van der Waals surface area contributed by atoms with Crippen LogP contribution in [0.5, 0.6) is 0 Å². The maximum Gasteiger partial charge on any atom is 0.179 e. The average Bonchev–Trinajstić information content (AvgIpc) is 2.49. The van der Waals surface area contributed by atoms with Crippen LogP contribution in [0.15, 0.2) is 18.3 Å². The number of rotatable bonds is 1. The lowest BCUT2D eigenvalue weighted by Crippen LogP contribution is -2.05. The molecule has 0 aromatic carbocycles. The van der Waals surface area contributed by atoms with E-state index in [0.717, 1.165) is 11.2 Å². The Balaban J connectivity index is 2.60. The number of tetrazole rings is 1. The third-order valence-corrected chi connectivity index (χ3v) is 1.75. The molecule has 0 spiro atoms. The molecule has 0 bridgehead atoms. The van der Waals surface area contributed by atoms with Gasteiger partial charge in [0.05, 0.1) is 0 Å². The van der Waals surface area contributed by atoms with E-state index in [1.165, 1.54) is 0 Å². The minimum Gasteiger partial charge on any atom is -0.324 e. The van der Waals surface area contributed by atoms with E-state index in [9.17, 15) is 0 Å². The molecule has 2 aromatic heterocycles. The van der Waals surface area contributed by atoms with Gasteiger partial charge >= 0.3 is 0 Å². The molecule has 0 saturated heterocycles. The molecule has 0 radical (unpaired) electrons. The molecule has 2 N–H and O–H groups in total. The normalized spacial score (nSPS) is 13.5. The summed E-state index contributed by atoms with van der Waals surface area (Å²) in [4.78, 5) is 0. The van der Waals surface area contributed by atoms with Crippen LogP contribution in [0.3, 0.4) is 0 Å². The topological polar surface area (TPSA) is 69.1 Å². The van der Waals surface area contributed by atoms with Crippen LogP contribution in [0.4, 0.5) is 0 Å². The van der Waals surface area contributed by atoms with E-state index in [2.05, 4.69) is 15.5 Å². The molecule has 0 aliphatic rings. The zero-order valence-corrected chi connectivity index (χ0v) is 6.68. The fourth-order valence-electron chi connectivity index (χ4n) is 1.04. The Morgan fingerprint density at radius 1 is 1.58 bits per heavy atom. The van der Waals surface area contributed by atoms with Crippen molar-refractivity contribution in [2.24, 2.45) is 5.73 Å². The molecule has 0 fully saturated rings. The first-order chi connectivity index (χ1) is 5.77. The van der Waals surface area contributed by atoms with Gasteiger partial charge in [0.1, 0.15) is 0 Å². The van der Waals surface area contributed by atoms with Crippen LogP contribution in [-0.4, -0.2) is 20.0 Å². The number of nitrogens with zero attached hydrogens (tertiary/aromatic N) is 4. The van der Waals surface area contributed by atoms with Crippen LogP contribution in [-0.2, 0) is 0 Å². The SMILES string of the molecule is CC(N)c1ccn2nnnc2c1. The third-order valence-electron chi connectivity index (χ3n) is 1.75. The number of pyridine rings is 1. The van der Waals surface area contributed by atoms with Crippen LogP contribution < -0.4 is 5.73 Å². The molecule has 2 aromatic rings. The highest BCUT2D eigenvalue weighted by molar-refractivity contribution is 5.39. The van der Waals surface area contributed by atoms with Gasteiger partial charge in [-0.05, 0) is 35.0 Å². The van der Waals surface area contributed by atoms with E-state index in [-0.39, 0.29) is 6.04 Å². The molecule has 62 valence electrons. The average molecular weight is 163 g/mol. The van der Waals surface area contributed by atoms with E-state index in [1.54, 1.807) is 10.7 Å². The van der Waals surface area contributed by atoms with Crippen molar-refractivity contribution in [2.75, 3.05) is 0 Å². The number of hydrogen-bond acceptors (Lipinski definition) is 4. The predicted molar refractivity (Wildman–Crippen MR) is 43.4 cm³/mol.